The zero-order valence-corrected chi connectivity index (χ0v) is 19.3. The van der Waals surface area contributed by atoms with Gasteiger partial charge >= 0.3 is 0 Å². The Labute approximate surface area is 188 Å². The molecule has 11 heteroatoms. The molecule has 1 saturated heterocycles. The van der Waals surface area contributed by atoms with Crippen molar-refractivity contribution in [3.63, 3.8) is 0 Å². The number of nitrogens with one attached hydrogen (secondary N) is 2. The van der Waals surface area contributed by atoms with Crippen LogP contribution in [0.4, 0.5) is 11.4 Å². The summed E-state index contributed by atoms with van der Waals surface area (Å²) in [6, 6.07) is 7.61. The fraction of sp³-hybridized carbons (Fsp3) is 0.524. The number of nitro benzene ring substituents is 1. The van der Waals surface area contributed by atoms with Crippen LogP contribution in [0.5, 0.6) is 0 Å². The summed E-state index contributed by atoms with van der Waals surface area (Å²) in [5.74, 6) is 0.798. The van der Waals surface area contributed by atoms with Gasteiger partial charge in [-0.25, -0.2) is 13.1 Å². The van der Waals surface area contributed by atoms with Crippen molar-refractivity contribution in [2.75, 3.05) is 52.1 Å². The fourth-order valence-corrected chi connectivity index (χ4v) is 4.83. The van der Waals surface area contributed by atoms with Crippen molar-refractivity contribution in [3.8, 4) is 0 Å². The Hall–Kier alpha value is -2.47. The van der Waals surface area contributed by atoms with Gasteiger partial charge in [0.15, 0.2) is 0 Å². The zero-order chi connectivity index (χ0) is 23.1. The molecule has 0 aliphatic carbocycles. The highest BCUT2D eigenvalue weighted by Gasteiger charge is 2.26. The number of nitrogens with zero attached hydrogens (tertiary/aromatic N) is 3. The Kier molecular flexibility index (Phi) is 8.24. The molecule has 1 unspecified atom stereocenters. The van der Waals surface area contributed by atoms with Gasteiger partial charge in [0.05, 0.1) is 22.1 Å². The van der Waals surface area contributed by atoms with Gasteiger partial charge in [-0.15, -0.1) is 0 Å². The smallest absolute Gasteiger partial charge is 0.293 e. The monoisotopic (exact) mass is 465 g/mol. The minimum Gasteiger partial charge on any atom is -0.468 e. The number of rotatable bonds is 11. The van der Waals surface area contributed by atoms with Crippen LogP contribution in [0.2, 0.25) is 0 Å². The standard InChI is InChI=1S/C21H31N5O5S/c1-24(2)13-10-23-32(29,30)17-8-9-18(19(15-17)26(27)28)22-16-20(21-7-6-14-31-21)25-11-4-3-5-12-25/h6-9,14-15,20,22-23H,3-5,10-13,16H2,1-2H3. The van der Waals surface area contributed by atoms with Gasteiger partial charge in [-0.05, 0) is 64.3 Å². The van der Waals surface area contributed by atoms with Crippen LogP contribution in [0.15, 0.2) is 45.9 Å². The van der Waals surface area contributed by atoms with E-state index in [2.05, 4.69) is 14.9 Å². The van der Waals surface area contributed by atoms with Crippen LogP contribution in [0.1, 0.15) is 31.1 Å². The van der Waals surface area contributed by atoms with Gasteiger partial charge in [-0.1, -0.05) is 6.42 Å². The first-order valence-electron chi connectivity index (χ1n) is 10.7. The molecule has 1 aromatic heterocycles. The maximum Gasteiger partial charge on any atom is 0.293 e. The highest BCUT2D eigenvalue weighted by atomic mass is 32.2. The summed E-state index contributed by atoms with van der Waals surface area (Å²) < 4.78 is 33.2. The highest BCUT2D eigenvalue weighted by Crippen LogP contribution is 2.30. The van der Waals surface area contributed by atoms with Crippen molar-refractivity contribution in [2.45, 2.75) is 30.2 Å². The van der Waals surface area contributed by atoms with E-state index in [1.54, 1.807) is 6.26 Å². The molecule has 0 spiro atoms. The molecule has 1 fully saturated rings. The number of hydrogen-bond acceptors (Lipinski definition) is 8. The van der Waals surface area contributed by atoms with E-state index in [1.165, 1.54) is 18.6 Å². The number of likely N-dealkylation sites (tertiary alicyclic amines) is 1. The molecular formula is C21H31N5O5S. The van der Waals surface area contributed by atoms with Gasteiger partial charge in [0.1, 0.15) is 11.4 Å². The SMILES string of the molecule is CN(C)CCNS(=O)(=O)c1ccc(NCC(c2ccco2)N2CCCCC2)c([N+](=O)[O-])c1. The lowest BCUT2D eigenvalue weighted by Gasteiger charge is -2.33. The normalized spacial score (nSPS) is 16.2. The van der Waals surface area contributed by atoms with E-state index in [9.17, 15) is 18.5 Å². The number of hydrogen-bond donors (Lipinski definition) is 2. The molecule has 176 valence electrons. The summed E-state index contributed by atoms with van der Waals surface area (Å²) in [5.41, 5.74) is -0.00636. The number of likely N-dealkylation sites (N-methyl/N-ethyl adjacent to an activating group) is 1. The maximum absolute atomic E-state index is 12.5. The van der Waals surface area contributed by atoms with E-state index in [1.807, 2.05) is 31.1 Å². The Bertz CT molecular complexity index is 988. The first-order chi connectivity index (χ1) is 15.3. The molecule has 1 atom stereocenters. The largest absolute Gasteiger partial charge is 0.468 e. The van der Waals surface area contributed by atoms with Crippen LogP contribution in [-0.2, 0) is 10.0 Å². The van der Waals surface area contributed by atoms with Crippen molar-refractivity contribution < 1.29 is 17.8 Å². The quantitative estimate of drug-likeness (QED) is 0.384. The summed E-state index contributed by atoms with van der Waals surface area (Å²) in [5, 5.41) is 14.8. The lowest BCUT2D eigenvalue weighted by molar-refractivity contribution is -0.384. The number of piperidine rings is 1. The van der Waals surface area contributed by atoms with Crippen molar-refractivity contribution in [3.05, 3.63) is 52.5 Å². The first kappa shape index (κ1) is 24.2. The molecule has 2 N–H and O–H groups in total. The predicted octanol–water partition coefficient (Wildman–Crippen LogP) is 2.67. The van der Waals surface area contributed by atoms with Gasteiger partial charge < -0.3 is 14.6 Å². The molecule has 0 bridgehead atoms. The van der Waals surface area contributed by atoms with E-state index in [4.69, 9.17) is 4.42 Å². The predicted molar refractivity (Wildman–Crippen MR) is 122 cm³/mol. The molecule has 32 heavy (non-hydrogen) atoms. The molecular weight excluding hydrogens is 434 g/mol. The number of nitro groups is 1. The summed E-state index contributed by atoms with van der Waals surface area (Å²) in [6.07, 6.45) is 5.02. The van der Waals surface area contributed by atoms with Gasteiger partial charge in [-0.2, -0.15) is 0 Å². The van der Waals surface area contributed by atoms with Crippen LogP contribution >= 0.6 is 0 Å². The second-order valence-electron chi connectivity index (χ2n) is 8.15. The lowest BCUT2D eigenvalue weighted by atomic mass is 10.1. The number of furan rings is 1. The molecule has 10 nitrogen and oxygen atoms in total. The molecule has 2 heterocycles. The van der Waals surface area contributed by atoms with Crippen LogP contribution in [0, 0.1) is 10.1 Å². The summed E-state index contributed by atoms with van der Waals surface area (Å²) >= 11 is 0. The number of sulfonamides is 1. The van der Waals surface area contributed by atoms with Crippen LogP contribution in [-0.4, -0.2) is 70.0 Å². The fourth-order valence-electron chi connectivity index (χ4n) is 3.79. The molecule has 0 amide bonds. The van der Waals surface area contributed by atoms with Crippen LogP contribution < -0.4 is 10.0 Å². The van der Waals surface area contributed by atoms with E-state index in [0.29, 0.717) is 13.1 Å². The van der Waals surface area contributed by atoms with E-state index < -0.39 is 14.9 Å². The summed E-state index contributed by atoms with van der Waals surface area (Å²) in [6.45, 7) is 3.01. The van der Waals surface area contributed by atoms with Crippen molar-refractivity contribution >= 4 is 21.4 Å². The van der Waals surface area contributed by atoms with Gasteiger partial charge in [0.2, 0.25) is 10.0 Å². The molecule has 0 saturated carbocycles. The van der Waals surface area contributed by atoms with Gasteiger partial charge in [0, 0.05) is 25.7 Å². The first-order valence-corrected chi connectivity index (χ1v) is 12.2. The Morgan fingerprint density at radius 3 is 2.59 bits per heavy atom. The molecule has 1 aromatic carbocycles. The zero-order valence-electron chi connectivity index (χ0n) is 18.5. The van der Waals surface area contributed by atoms with E-state index >= 15 is 0 Å². The Morgan fingerprint density at radius 1 is 1.22 bits per heavy atom. The average Bonchev–Trinajstić information content (AvgIpc) is 3.28. The second-order valence-corrected chi connectivity index (χ2v) is 9.91. The topological polar surface area (TPSA) is 121 Å². The highest BCUT2D eigenvalue weighted by molar-refractivity contribution is 7.89. The van der Waals surface area contributed by atoms with Gasteiger partial charge in [0.25, 0.3) is 5.69 Å². The van der Waals surface area contributed by atoms with Crippen molar-refractivity contribution in [1.29, 1.82) is 0 Å². The van der Waals surface area contributed by atoms with Crippen molar-refractivity contribution in [2.24, 2.45) is 0 Å². The third kappa shape index (κ3) is 6.28. The van der Waals surface area contributed by atoms with Crippen LogP contribution in [0.25, 0.3) is 0 Å². The third-order valence-electron chi connectivity index (χ3n) is 5.52. The third-order valence-corrected chi connectivity index (χ3v) is 6.97. The summed E-state index contributed by atoms with van der Waals surface area (Å²) in [4.78, 5) is 15.2. The Balaban J connectivity index is 1.77. The minimum absolute atomic E-state index is 0.0685. The number of benzene rings is 1. The molecule has 1 aliphatic heterocycles. The molecule has 2 aromatic rings. The van der Waals surface area contributed by atoms with Gasteiger partial charge in [-0.3, -0.25) is 15.0 Å². The minimum atomic E-state index is -3.84. The van der Waals surface area contributed by atoms with Crippen LogP contribution in [0.3, 0.4) is 0 Å². The molecule has 0 radical (unpaired) electrons. The summed E-state index contributed by atoms with van der Waals surface area (Å²) in [7, 11) is -0.179. The molecule has 3 rings (SSSR count). The second kappa shape index (κ2) is 10.9. The maximum atomic E-state index is 12.5. The van der Waals surface area contributed by atoms with E-state index in [0.717, 1.165) is 37.8 Å². The van der Waals surface area contributed by atoms with Crippen molar-refractivity contribution in [1.82, 2.24) is 14.5 Å². The lowest BCUT2D eigenvalue weighted by Crippen LogP contribution is -2.37. The molecule has 1 aliphatic rings. The van der Waals surface area contributed by atoms with E-state index in [-0.39, 0.29) is 28.9 Å². The average molecular weight is 466 g/mol. The Morgan fingerprint density at radius 2 is 1.97 bits per heavy atom. The number of anilines is 1.